The molecule has 0 atom stereocenters. The molecule has 1 radical (unpaired) electrons. The summed E-state index contributed by atoms with van der Waals surface area (Å²) in [5, 5.41) is 14.0. The number of phenols is 1. The summed E-state index contributed by atoms with van der Waals surface area (Å²) in [6.07, 6.45) is 1.54. The van der Waals surface area contributed by atoms with E-state index in [1.54, 1.807) is 18.5 Å². The van der Waals surface area contributed by atoms with E-state index in [0.717, 1.165) is 33.5 Å². The van der Waals surface area contributed by atoms with E-state index in [1.165, 1.54) is 7.11 Å². The number of methoxy groups -OCH3 is 1. The lowest BCUT2D eigenvalue weighted by Gasteiger charge is -2.11. The second kappa shape index (κ2) is 6.72. The van der Waals surface area contributed by atoms with E-state index in [9.17, 15) is 5.11 Å². The number of aromatic hydroxyl groups is 1. The molecule has 0 unspecified atom stereocenters. The van der Waals surface area contributed by atoms with Gasteiger partial charge in [0.25, 0.3) is 0 Å². The van der Waals surface area contributed by atoms with Gasteiger partial charge in [0.15, 0.2) is 11.5 Å². The molecule has 4 rings (SSSR count). The molecule has 5 heteroatoms. The van der Waals surface area contributed by atoms with Gasteiger partial charge < -0.3 is 15.2 Å². The molecule has 1 heterocycles. The number of hydrogen-bond acceptors (Lipinski definition) is 5. The van der Waals surface area contributed by atoms with Crippen molar-refractivity contribution in [2.75, 3.05) is 12.4 Å². The van der Waals surface area contributed by atoms with Crippen molar-refractivity contribution >= 4 is 22.4 Å². The number of nitrogens with zero attached hydrogens (tertiary/aromatic N) is 2. The van der Waals surface area contributed by atoms with Crippen LogP contribution in [0.4, 0.5) is 11.5 Å². The highest BCUT2D eigenvalue weighted by Gasteiger charge is 2.09. The summed E-state index contributed by atoms with van der Waals surface area (Å²) in [6, 6.07) is 21.9. The summed E-state index contributed by atoms with van der Waals surface area (Å²) >= 11 is 0. The van der Waals surface area contributed by atoms with E-state index in [-0.39, 0.29) is 5.75 Å². The van der Waals surface area contributed by atoms with Crippen LogP contribution in [0.25, 0.3) is 22.0 Å². The van der Waals surface area contributed by atoms with Crippen molar-refractivity contribution in [1.82, 2.24) is 9.97 Å². The lowest BCUT2D eigenvalue weighted by molar-refractivity contribution is 0.373. The Morgan fingerprint density at radius 3 is 2.69 bits per heavy atom. The first-order valence-corrected chi connectivity index (χ1v) is 8.10. The van der Waals surface area contributed by atoms with E-state index >= 15 is 0 Å². The first kappa shape index (κ1) is 15.9. The second-order valence-electron chi connectivity index (χ2n) is 5.76. The maximum absolute atomic E-state index is 9.80. The van der Waals surface area contributed by atoms with Crippen LogP contribution in [0.2, 0.25) is 0 Å². The Morgan fingerprint density at radius 1 is 1.04 bits per heavy atom. The number of aromatic nitrogens is 2. The molecule has 5 nitrogen and oxygen atoms in total. The highest BCUT2D eigenvalue weighted by molar-refractivity contribution is 5.93. The van der Waals surface area contributed by atoms with Crippen molar-refractivity contribution in [2.45, 2.75) is 0 Å². The zero-order valence-corrected chi connectivity index (χ0v) is 14.1. The lowest BCUT2D eigenvalue weighted by Crippen LogP contribution is -1.96. The molecule has 2 N–H and O–H groups in total. The molecular weight excluding hydrogens is 326 g/mol. The van der Waals surface area contributed by atoms with E-state index in [2.05, 4.69) is 21.4 Å². The van der Waals surface area contributed by atoms with Gasteiger partial charge in [-0.2, -0.15) is 0 Å². The van der Waals surface area contributed by atoms with Gasteiger partial charge in [0, 0.05) is 11.1 Å². The molecule has 0 saturated heterocycles. The average Bonchev–Trinajstić information content (AvgIpc) is 2.69. The van der Waals surface area contributed by atoms with Crippen LogP contribution >= 0.6 is 0 Å². The Bertz CT molecular complexity index is 1070. The average molecular weight is 342 g/mol. The topological polar surface area (TPSA) is 67.3 Å². The highest BCUT2D eigenvalue weighted by atomic mass is 16.5. The van der Waals surface area contributed by atoms with Crippen LogP contribution in [0.15, 0.2) is 67.0 Å². The summed E-state index contributed by atoms with van der Waals surface area (Å²) in [5.41, 5.74) is 3.67. The molecule has 0 spiro atoms. The minimum absolute atomic E-state index is 0.114. The number of phenolic OH excluding ortho intramolecular Hbond substituents is 1. The third kappa shape index (κ3) is 3.02. The fourth-order valence-corrected chi connectivity index (χ4v) is 2.80. The summed E-state index contributed by atoms with van der Waals surface area (Å²) in [4.78, 5) is 8.73. The quantitative estimate of drug-likeness (QED) is 0.569. The Balaban J connectivity index is 1.80. The van der Waals surface area contributed by atoms with Crippen LogP contribution in [-0.2, 0) is 0 Å². The van der Waals surface area contributed by atoms with E-state index < -0.39 is 0 Å². The third-order valence-electron chi connectivity index (χ3n) is 4.12. The van der Waals surface area contributed by atoms with Gasteiger partial charge >= 0.3 is 0 Å². The molecule has 0 aliphatic rings. The van der Waals surface area contributed by atoms with Crippen molar-refractivity contribution in [3.63, 3.8) is 0 Å². The number of rotatable bonds is 4. The zero-order valence-electron chi connectivity index (χ0n) is 14.1. The highest BCUT2D eigenvalue weighted by Crippen LogP contribution is 2.33. The maximum atomic E-state index is 9.80. The van der Waals surface area contributed by atoms with Gasteiger partial charge in [0.1, 0.15) is 12.1 Å². The predicted octanol–water partition coefficient (Wildman–Crippen LogP) is 4.55. The fourth-order valence-electron chi connectivity index (χ4n) is 2.80. The Morgan fingerprint density at radius 2 is 1.88 bits per heavy atom. The summed E-state index contributed by atoms with van der Waals surface area (Å²) in [6.45, 7) is 0. The molecule has 0 aliphatic carbocycles. The smallest absolute Gasteiger partial charge is 0.161 e. The molecule has 0 aliphatic heterocycles. The molecule has 1 aromatic heterocycles. The zero-order chi connectivity index (χ0) is 17.9. The number of benzene rings is 3. The second-order valence-corrected chi connectivity index (χ2v) is 5.76. The van der Waals surface area contributed by atoms with Gasteiger partial charge in [-0.1, -0.05) is 24.3 Å². The van der Waals surface area contributed by atoms with Gasteiger partial charge in [0.05, 0.1) is 12.6 Å². The van der Waals surface area contributed by atoms with E-state index in [1.807, 2.05) is 48.5 Å². The van der Waals surface area contributed by atoms with Crippen LogP contribution < -0.4 is 10.1 Å². The number of fused-ring (bicyclic) bond motifs is 1. The molecule has 0 saturated carbocycles. The molecule has 0 fully saturated rings. The number of nitrogens with one attached hydrogen (secondary N) is 1. The predicted molar refractivity (Wildman–Crippen MR) is 102 cm³/mol. The first-order valence-electron chi connectivity index (χ1n) is 8.10. The van der Waals surface area contributed by atoms with Crippen LogP contribution in [0.3, 0.4) is 0 Å². The largest absolute Gasteiger partial charge is 0.504 e. The van der Waals surface area contributed by atoms with Crippen molar-refractivity contribution < 1.29 is 9.84 Å². The van der Waals surface area contributed by atoms with Crippen LogP contribution in [0, 0.1) is 6.07 Å². The molecule has 0 bridgehead atoms. The molecule has 4 aromatic rings. The van der Waals surface area contributed by atoms with Crippen LogP contribution in [0.1, 0.15) is 0 Å². The van der Waals surface area contributed by atoms with Crippen molar-refractivity contribution in [3.05, 3.63) is 73.1 Å². The van der Waals surface area contributed by atoms with Gasteiger partial charge in [-0.3, -0.25) is 0 Å². The Kier molecular flexibility index (Phi) is 4.11. The Labute approximate surface area is 150 Å². The number of ether oxygens (including phenoxy) is 1. The van der Waals surface area contributed by atoms with E-state index in [0.29, 0.717) is 5.75 Å². The number of hydrogen-bond donors (Lipinski definition) is 2. The van der Waals surface area contributed by atoms with Crippen LogP contribution in [-0.4, -0.2) is 22.2 Å². The molecule has 26 heavy (non-hydrogen) atoms. The fraction of sp³-hybridized carbons (Fsp3) is 0.0476. The van der Waals surface area contributed by atoms with Gasteiger partial charge in [0.2, 0.25) is 0 Å². The monoisotopic (exact) mass is 342 g/mol. The minimum atomic E-state index is 0.114. The third-order valence-corrected chi connectivity index (χ3v) is 4.12. The first-order chi connectivity index (χ1) is 12.7. The standard InChI is InChI=1S/C21H16N3O2/c1-26-20-12-15(8-10-19(20)25)14-7-9-18-17(11-14)21(23-13-22-18)24-16-5-3-2-4-6-16/h2-3,5-13,25H,1H3,(H,22,23,24). The molecule has 3 aromatic carbocycles. The minimum Gasteiger partial charge on any atom is -0.504 e. The van der Waals surface area contributed by atoms with Gasteiger partial charge in [-0.15, -0.1) is 0 Å². The molecule has 127 valence electrons. The normalized spacial score (nSPS) is 10.7. The van der Waals surface area contributed by atoms with Crippen molar-refractivity contribution in [2.24, 2.45) is 0 Å². The molecular formula is C21H16N3O2. The lowest BCUT2D eigenvalue weighted by atomic mass is 10.0. The summed E-state index contributed by atoms with van der Waals surface area (Å²) in [5.74, 6) is 1.27. The van der Waals surface area contributed by atoms with Gasteiger partial charge in [-0.25, -0.2) is 9.97 Å². The molecule has 0 amide bonds. The number of anilines is 2. The SMILES string of the molecule is COc1cc(-c2ccc3ncnc(Nc4c[c]ccc4)c3c2)ccc1O. The van der Waals surface area contributed by atoms with Crippen molar-refractivity contribution in [1.29, 1.82) is 0 Å². The maximum Gasteiger partial charge on any atom is 0.161 e. The van der Waals surface area contributed by atoms with Gasteiger partial charge in [-0.05, 0) is 53.6 Å². The van der Waals surface area contributed by atoms with Crippen LogP contribution in [0.5, 0.6) is 11.5 Å². The summed E-state index contributed by atoms with van der Waals surface area (Å²) < 4.78 is 5.21. The van der Waals surface area contributed by atoms with E-state index in [4.69, 9.17) is 4.74 Å². The summed E-state index contributed by atoms with van der Waals surface area (Å²) in [7, 11) is 1.53. The Hall–Kier alpha value is -3.60. The van der Waals surface area contributed by atoms with Crippen molar-refractivity contribution in [3.8, 4) is 22.6 Å².